The third kappa shape index (κ3) is 3.87. The lowest BCUT2D eigenvalue weighted by molar-refractivity contribution is 0.326. The van der Waals surface area contributed by atoms with Gasteiger partial charge in [0, 0.05) is 6.61 Å². The molecular weight excluding hydrogens is 220 g/mol. The summed E-state index contributed by atoms with van der Waals surface area (Å²) >= 11 is 0. The molecule has 0 atom stereocenters. The topological polar surface area (TPSA) is 27.7 Å². The van der Waals surface area contributed by atoms with Gasteiger partial charge in [-0.05, 0) is 43.3 Å². The molecule has 3 nitrogen and oxygen atoms in total. The third-order valence-corrected chi connectivity index (χ3v) is 3.03. The average Bonchev–Trinajstić information content (AvgIpc) is 2.28. The Bertz CT molecular complexity index is 326. The first kappa shape index (κ1) is 13.1. The van der Waals surface area contributed by atoms with Crippen LogP contribution in [0.15, 0.2) is 18.2 Å². The zero-order valence-electron chi connectivity index (χ0n) is 10.4. The Morgan fingerprint density at radius 1 is 1.12 bits per heavy atom. The van der Waals surface area contributed by atoms with E-state index in [9.17, 15) is 0 Å². The lowest BCUT2D eigenvalue weighted by Gasteiger charge is -2.11. The van der Waals surface area contributed by atoms with Crippen molar-refractivity contribution in [2.24, 2.45) is 0 Å². The van der Waals surface area contributed by atoms with Crippen molar-refractivity contribution in [3.05, 3.63) is 23.8 Å². The Morgan fingerprint density at radius 3 is 2.44 bits per heavy atom. The van der Waals surface area contributed by atoms with Crippen molar-refractivity contribution in [3.63, 3.8) is 0 Å². The summed E-state index contributed by atoms with van der Waals surface area (Å²) in [7, 11) is 2.74. The Balaban J connectivity index is 2.67. The van der Waals surface area contributed by atoms with Gasteiger partial charge < -0.3 is 13.9 Å². The summed E-state index contributed by atoms with van der Waals surface area (Å²) < 4.78 is 16.1. The Labute approximate surface area is 99.1 Å². The van der Waals surface area contributed by atoms with Gasteiger partial charge in [0.15, 0.2) is 0 Å². The Morgan fingerprint density at radius 2 is 1.88 bits per heavy atom. The number of hydrogen-bond donors (Lipinski definition) is 0. The van der Waals surface area contributed by atoms with E-state index in [2.05, 4.69) is 13.1 Å². The van der Waals surface area contributed by atoms with Gasteiger partial charge in [0.25, 0.3) is 0 Å². The standard InChI is InChI=1S/C12H19O3Si/c1-13-11-5-6-12(14-2)10(9-11)7-8-15-16(3)4/h5-6,9H,7-8H2,1-4H3. The molecule has 0 unspecified atom stereocenters. The highest BCUT2D eigenvalue weighted by molar-refractivity contribution is 6.48. The van der Waals surface area contributed by atoms with Gasteiger partial charge in [-0.2, -0.15) is 0 Å². The van der Waals surface area contributed by atoms with Gasteiger partial charge in [-0.3, -0.25) is 0 Å². The Kier molecular flexibility index (Phi) is 5.35. The fraction of sp³-hybridized carbons (Fsp3) is 0.500. The van der Waals surface area contributed by atoms with Crippen LogP contribution in [0.2, 0.25) is 13.1 Å². The number of hydrogen-bond acceptors (Lipinski definition) is 3. The average molecular weight is 239 g/mol. The van der Waals surface area contributed by atoms with Crippen LogP contribution < -0.4 is 9.47 Å². The van der Waals surface area contributed by atoms with E-state index >= 15 is 0 Å². The molecular formula is C12H19O3Si. The second-order valence-corrected chi connectivity index (χ2v) is 5.79. The molecule has 0 amide bonds. The van der Waals surface area contributed by atoms with Crippen molar-refractivity contribution in [2.75, 3.05) is 20.8 Å². The molecule has 1 aromatic carbocycles. The quantitative estimate of drug-likeness (QED) is 0.714. The normalized spacial score (nSPS) is 10.6. The summed E-state index contributed by atoms with van der Waals surface area (Å²) in [6.07, 6.45) is 0.857. The summed E-state index contributed by atoms with van der Waals surface area (Å²) in [5.41, 5.74) is 1.13. The summed E-state index contributed by atoms with van der Waals surface area (Å²) in [6, 6.07) is 5.83. The largest absolute Gasteiger partial charge is 0.497 e. The van der Waals surface area contributed by atoms with Crippen molar-refractivity contribution in [1.29, 1.82) is 0 Å². The molecule has 4 heteroatoms. The molecule has 16 heavy (non-hydrogen) atoms. The number of methoxy groups -OCH3 is 2. The summed E-state index contributed by atoms with van der Waals surface area (Å²) in [5, 5.41) is 0. The first-order chi connectivity index (χ1) is 7.67. The van der Waals surface area contributed by atoms with Crippen LogP contribution in [0.5, 0.6) is 11.5 Å². The van der Waals surface area contributed by atoms with Crippen LogP contribution >= 0.6 is 0 Å². The van der Waals surface area contributed by atoms with Crippen LogP contribution in [-0.2, 0) is 10.8 Å². The lowest BCUT2D eigenvalue weighted by atomic mass is 10.1. The van der Waals surface area contributed by atoms with Gasteiger partial charge in [0.1, 0.15) is 11.5 Å². The van der Waals surface area contributed by atoms with E-state index in [1.807, 2.05) is 18.2 Å². The van der Waals surface area contributed by atoms with Crippen LogP contribution in [0.25, 0.3) is 0 Å². The maximum Gasteiger partial charge on any atom is 0.204 e. The minimum atomic E-state index is -0.611. The molecule has 1 radical (unpaired) electrons. The maximum atomic E-state index is 5.62. The molecule has 0 heterocycles. The molecule has 0 saturated carbocycles. The molecule has 1 rings (SSSR count). The lowest BCUT2D eigenvalue weighted by Crippen LogP contribution is -2.10. The van der Waals surface area contributed by atoms with Crippen LogP contribution in [0.1, 0.15) is 5.56 Å². The van der Waals surface area contributed by atoms with Crippen molar-refractivity contribution in [3.8, 4) is 11.5 Å². The van der Waals surface area contributed by atoms with E-state index in [-0.39, 0.29) is 0 Å². The number of rotatable bonds is 6. The van der Waals surface area contributed by atoms with Crippen LogP contribution in [0, 0.1) is 0 Å². The monoisotopic (exact) mass is 239 g/mol. The first-order valence-electron chi connectivity index (χ1n) is 5.31. The highest BCUT2D eigenvalue weighted by atomic mass is 28.3. The number of ether oxygens (including phenoxy) is 2. The summed E-state index contributed by atoms with van der Waals surface area (Å²) in [4.78, 5) is 0. The fourth-order valence-corrected chi connectivity index (χ4v) is 1.95. The number of benzene rings is 1. The van der Waals surface area contributed by atoms with Crippen LogP contribution in [0.4, 0.5) is 0 Å². The van der Waals surface area contributed by atoms with E-state index in [1.54, 1.807) is 14.2 Å². The van der Waals surface area contributed by atoms with Crippen LogP contribution in [-0.4, -0.2) is 29.9 Å². The molecule has 0 bridgehead atoms. The molecule has 89 valence electrons. The molecule has 0 aliphatic carbocycles. The third-order valence-electron chi connectivity index (χ3n) is 2.25. The fourth-order valence-electron chi connectivity index (χ4n) is 1.44. The predicted molar refractivity (Wildman–Crippen MR) is 66.7 cm³/mol. The second kappa shape index (κ2) is 6.55. The van der Waals surface area contributed by atoms with Gasteiger partial charge in [0.05, 0.1) is 14.2 Å². The predicted octanol–water partition coefficient (Wildman–Crippen LogP) is 2.51. The zero-order valence-corrected chi connectivity index (χ0v) is 11.4. The summed E-state index contributed by atoms with van der Waals surface area (Å²) in [5.74, 6) is 1.75. The molecule has 0 fully saturated rings. The first-order valence-corrected chi connectivity index (χ1v) is 7.72. The van der Waals surface area contributed by atoms with Crippen molar-refractivity contribution >= 4 is 9.04 Å². The molecule has 0 aromatic heterocycles. The smallest absolute Gasteiger partial charge is 0.204 e. The summed E-state index contributed by atoms with van der Waals surface area (Å²) in [6.45, 7) is 5.01. The molecule has 0 saturated heterocycles. The second-order valence-electron chi connectivity index (χ2n) is 3.68. The van der Waals surface area contributed by atoms with E-state index in [0.29, 0.717) is 0 Å². The van der Waals surface area contributed by atoms with Gasteiger partial charge >= 0.3 is 0 Å². The van der Waals surface area contributed by atoms with Gasteiger partial charge in [-0.15, -0.1) is 0 Å². The van der Waals surface area contributed by atoms with E-state index in [1.165, 1.54) is 0 Å². The zero-order chi connectivity index (χ0) is 12.0. The Hall–Kier alpha value is -1.00. The highest BCUT2D eigenvalue weighted by Crippen LogP contribution is 2.24. The SMILES string of the molecule is COc1ccc(OC)c(CCO[Si](C)C)c1. The highest BCUT2D eigenvalue weighted by Gasteiger charge is 2.05. The minimum Gasteiger partial charge on any atom is -0.497 e. The van der Waals surface area contributed by atoms with E-state index < -0.39 is 9.04 Å². The van der Waals surface area contributed by atoms with Gasteiger partial charge in [-0.1, -0.05) is 0 Å². The molecule has 0 aliphatic heterocycles. The minimum absolute atomic E-state index is 0.611. The molecule has 0 aliphatic rings. The van der Waals surface area contributed by atoms with Crippen molar-refractivity contribution < 1.29 is 13.9 Å². The maximum absolute atomic E-state index is 5.62. The molecule has 0 N–H and O–H groups in total. The van der Waals surface area contributed by atoms with E-state index in [0.717, 1.165) is 30.1 Å². The van der Waals surface area contributed by atoms with Gasteiger partial charge in [0.2, 0.25) is 9.04 Å². The van der Waals surface area contributed by atoms with Crippen LogP contribution in [0.3, 0.4) is 0 Å². The molecule has 0 spiro atoms. The van der Waals surface area contributed by atoms with E-state index in [4.69, 9.17) is 13.9 Å². The molecule has 1 aromatic rings. The van der Waals surface area contributed by atoms with Crippen molar-refractivity contribution in [1.82, 2.24) is 0 Å². The van der Waals surface area contributed by atoms with Gasteiger partial charge in [-0.25, -0.2) is 0 Å². The van der Waals surface area contributed by atoms with Crippen molar-refractivity contribution in [2.45, 2.75) is 19.5 Å².